The van der Waals surface area contributed by atoms with Gasteiger partial charge in [-0.3, -0.25) is 0 Å². The second kappa shape index (κ2) is 8.03. The third kappa shape index (κ3) is 4.61. The van der Waals surface area contributed by atoms with Crippen molar-refractivity contribution in [2.24, 2.45) is 0 Å². The van der Waals surface area contributed by atoms with Gasteiger partial charge in [0.15, 0.2) is 0 Å². The molecule has 28 heavy (non-hydrogen) atoms. The van der Waals surface area contributed by atoms with Crippen LogP contribution in [0.15, 0.2) is 54.7 Å². The van der Waals surface area contributed by atoms with Gasteiger partial charge in [0.25, 0.3) is 0 Å². The number of rotatable bonds is 6. The van der Waals surface area contributed by atoms with Crippen molar-refractivity contribution in [3.8, 4) is 11.5 Å². The largest absolute Gasteiger partial charge is 0.497 e. The van der Waals surface area contributed by atoms with Crippen LogP contribution in [0, 0.1) is 0 Å². The minimum absolute atomic E-state index is 0.228. The van der Waals surface area contributed by atoms with Crippen LogP contribution >= 0.6 is 0 Å². The van der Waals surface area contributed by atoms with Crippen molar-refractivity contribution < 1.29 is 22.6 Å². The van der Waals surface area contributed by atoms with Crippen LogP contribution in [-0.2, 0) is 6.18 Å². The van der Waals surface area contributed by atoms with Gasteiger partial charge in [-0.1, -0.05) is 0 Å². The molecule has 0 spiro atoms. The van der Waals surface area contributed by atoms with Crippen LogP contribution < -0.4 is 20.1 Å². The van der Waals surface area contributed by atoms with E-state index in [1.165, 1.54) is 18.3 Å². The number of aromatic nitrogens is 2. The summed E-state index contributed by atoms with van der Waals surface area (Å²) in [6.07, 6.45) is -2.86. The summed E-state index contributed by atoms with van der Waals surface area (Å²) in [5.74, 6) is 1.93. The first-order chi connectivity index (χ1) is 13.4. The summed E-state index contributed by atoms with van der Waals surface area (Å²) in [5.41, 5.74) is 0.352. The molecule has 0 aliphatic rings. The Bertz CT molecular complexity index is 947. The van der Waals surface area contributed by atoms with E-state index >= 15 is 0 Å². The third-order valence-electron chi connectivity index (χ3n) is 3.79. The van der Waals surface area contributed by atoms with Gasteiger partial charge in [-0.25, -0.2) is 4.98 Å². The summed E-state index contributed by atoms with van der Waals surface area (Å²) < 4.78 is 48.5. The van der Waals surface area contributed by atoms with Gasteiger partial charge in [-0.05, 0) is 42.5 Å². The molecule has 0 aliphatic heterocycles. The summed E-state index contributed by atoms with van der Waals surface area (Å²) >= 11 is 0. The molecule has 0 aliphatic carbocycles. The van der Waals surface area contributed by atoms with Crippen LogP contribution in [-0.4, -0.2) is 24.2 Å². The van der Waals surface area contributed by atoms with E-state index in [2.05, 4.69) is 20.6 Å². The van der Waals surface area contributed by atoms with Crippen LogP contribution in [0.25, 0.3) is 0 Å². The van der Waals surface area contributed by atoms with Crippen LogP contribution in [0.1, 0.15) is 5.56 Å². The van der Waals surface area contributed by atoms with Gasteiger partial charge in [-0.2, -0.15) is 18.2 Å². The topological polar surface area (TPSA) is 68.3 Å². The summed E-state index contributed by atoms with van der Waals surface area (Å²) in [7, 11) is 3.10. The molecule has 9 heteroatoms. The number of anilines is 4. The molecule has 0 saturated carbocycles. The minimum atomic E-state index is -4.38. The first-order valence-electron chi connectivity index (χ1n) is 8.15. The van der Waals surface area contributed by atoms with Crippen molar-refractivity contribution in [3.05, 3.63) is 60.3 Å². The Morgan fingerprint density at radius 1 is 0.893 bits per heavy atom. The molecule has 6 nitrogen and oxygen atoms in total. The number of alkyl halides is 3. The highest BCUT2D eigenvalue weighted by Gasteiger charge is 2.29. The highest BCUT2D eigenvalue weighted by Crippen LogP contribution is 2.32. The number of nitrogens with one attached hydrogen (secondary N) is 2. The van der Waals surface area contributed by atoms with Crippen molar-refractivity contribution in [1.82, 2.24) is 9.97 Å². The molecule has 146 valence electrons. The fourth-order valence-electron chi connectivity index (χ4n) is 2.41. The average molecular weight is 390 g/mol. The maximum atomic E-state index is 12.6. The summed E-state index contributed by atoms with van der Waals surface area (Å²) in [6, 6.07) is 11.5. The molecule has 0 unspecified atom stereocenters. The Labute approximate surface area is 159 Å². The van der Waals surface area contributed by atoms with E-state index in [4.69, 9.17) is 9.47 Å². The Hall–Kier alpha value is -3.49. The van der Waals surface area contributed by atoms with Gasteiger partial charge >= 0.3 is 6.18 Å². The predicted octanol–water partition coefficient (Wildman–Crippen LogP) is 5.00. The van der Waals surface area contributed by atoms with E-state index < -0.39 is 11.7 Å². The second-order valence-electron chi connectivity index (χ2n) is 5.66. The summed E-state index contributed by atoms with van der Waals surface area (Å²) in [6.45, 7) is 0. The highest BCUT2D eigenvalue weighted by atomic mass is 19.4. The van der Waals surface area contributed by atoms with Gasteiger partial charge < -0.3 is 20.1 Å². The first-order valence-corrected chi connectivity index (χ1v) is 8.15. The smallest absolute Gasteiger partial charge is 0.416 e. The molecular weight excluding hydrogens is 373 g/mol. The fourth-order valence-corrected chi connectivity index (χ4v) is 2.41. The number of hydrogen-bond acceptors (Lipinski definition) is 6. The number of halogens is 3. The zero-order valence-electron chi connectivity index (χ0n) is 15.0. The quantitative estimate of drug-likeness (QED) is 0.617. The molecular formula is C19H17F3N4O2. The molecule has 3 rings (SSSR count). The lowest BCUT2D eigenvalue weighted by atomic mass is 10.2. The van der Waals surface area contributed by atoms with Crippen LogP contribution in [0.5, 0.6) is 11.5 Å². The van der Waals surface area contributed by atoms with Crippen LogP contribution in [0.3, 0.4) is 0 Å². The highest BCUT2D eigenvalue weighted by molar-refractivity contribution is 5.67. The second-order valence-corrected chi connectivity index (χ2v) is 5.66. The lowest BCUT2D eigenvalue weighted by molar-refractivity contribution is -0.137. The Kier molecular flexibility index (Phi) is 5.53. The molecule has 3 aromatic rings. The maximum absolute atomic E-state index is 12.6. The van der Waals surface area contributed by atoms with Gasteiger partial charge in [0, 0.05) is 18.0 Å². The zero-order chi connectivity index (χ0) is 20.1. The van der Waals surface area contributed by atoms with Crippen molar-refractivity contribution in [2.75, 3.05) is 24.9 Å². The molecule has 0 radical (unpaired) electrons. The first kappa shape index (κ1) is 19.3. The molecule has 1 heterocycles. The van der Waals surface area contributed by atoms with E-state index in [1.54, 1.807) is 38.5 Å². The van der Waals surface area contributed by atoms with Gasteiger partial charge in [0.1, 0.15) is 17.3 Å². The Morgan fingerprint density at radius 2 is 1.64 bits per heavy atom. The number of ether oxygens (including phenoxy) is 2. The number of nitrogens with zero attached hydrogens (tertiary/aromatic N) is 2. The van der Waals surface area contributed by atoms with Gasteiger partial charge in [-0.15, -0.1) is 0 Å². The number of benzene rings is 2. The molecule has 0 saturated heterocycles. The van der Waals surface area contributed by atoms with Crippen molar-refractivity contribution >= 4 is 23.1 Å². The molecule has 0 atom stereocenters. The SMILES string of the molecule is COc1ccc(OC)c(Nc2ccnc(Nc3ccc(C(F)(F)F)cc3)n2)c1. The average Bonchev–Trinajstić information content (AvgIpc) is 2.68. The van der Waals surface area contributed by atoms with E-state index in [-0.39, 0.29) is 5.95 Å². The Balaban J connectivity index is 1.78. The number of methoxy groups -OCH3 is 2. The Morgan fingerprint density at radius 3 is 2.29 bits per heavy atom. The predicted molar refractivity (Wildman–Crippen MR) is 99.6 cm³/mol. The van der Waals surface area contributed by atoms with E-state index in [9.17, 15) is 13.2 Å². The molecule has 0 amide bonds. The van der Waals surface area contributed by atoms with Crippen molar-refractivity contribution in [3.63, 3.8) is 0 Å². The van der Waals surface area contributed by atoms with Crippen LogP contribution in [0.4, 0.5) is 36.3 Å². The fraction of sp³-hybridized carbons (Fsp3) is 0.158. The van der Waals surface area contributed by atoms with Crippen molar-refractivity contribution in [1.29, 1.82) is 0 Å². The van der Waals surface area contributed by atoms with Gasteiger partial charge in [0.2, 0.25) is 5.95 Å². The molecule has 1 aromatic heterocycles. The maximum Gasteiger partial charge on any atom is 0.416 e. The molecule has 2 N–H and O–H groups in total. The summed E-state index contributed by atoms with van der Waals surface area (Å²) in [4.78, 5) is 8.40. The lowest BCUT2D eigenvalue weighted by Gasteiger charge is -2.13. The normalized spacial score (nSPS) is 11.0. The standard InChI is InChI=1S/C19H17F3N4O2/c1-27-14-7-8-16(28-2)15(11-14)25-17-9-10-23-18(26-17)24-13-5-3-12(4-6-13)19(20,21)22/h3-11H,1-2H3,(H2,23,24,25,26). The lowest BCUT2D eigenvalue weighted by Crippen LogP contribution is -2.05. The minimum Gasteiger partial charge on any atom is -0.497 e. The number of hydrogen-bond donors (Lipinski definition) is 2. The monoisotopic (exact) mass is 390 g/mol. The molecule has 0 fully saturated rings. The van der Waals surface area contributed by atoms with E-state index in [1.807, 2.05) is 0 Å². The van der Waals surface area contributed by atoms with E-state index in [0.717, 1.165) is 12.1 Å². The van der Waals surface area contributed by atoms with Crippen LogP contribution in [0.2, 0.25) is 0 Å². The van der Waals surface area contributed by atoms with E-state index in [0.29, 0.717) is 28.7 Å². The molecule has 0 bridgehead atoms. The van der Waals surface area contributed by atoms with Gasteiger partial charge in [0.05, 0.1) is 25.5 Å². The third-order valence-corrected chi connectivity index (χ3v) is 3.79. The zero-order valence-corrected chi connectivity index (χ0v) is 15.0. The van der Waals surface area contributed by atoms with Crippen molar-refractivity contribution in [2.45, 2.75) is 6.18 Å². The summed E-state index contributed by atoms with van der Waals surface area (Å²) in [5, 5.41) is 5.98. The molecule has 2 aromatic carbocycles.